The molecule has 0 aliphatic carbocycles. The van der Waals surface area contributed by atoms with Crippen LogP contribution >= 0.6 is 0 Å². The Labute approximate surface area is 106 Å². The molecule has 0 unspecified atom stereocenters. The van der Waals surface area contributed by atoms with Gasteiger partial charge in [-0.2, -0.15) is 0 Å². The zero-order chi connectivity index (χ0) is 13.0. The molecule has 1 aromatic rings. The molecule has 1 saturated heterocycles. The van der Waals surface area contributed by atoms with E-state index in [4.69, 9.17) is 0 Å². The van der Waals surface area contributed by atoms with Gasteiger partial charge in [0.15, 0.2) is 0 Å². The lowest BCUT2D eigenvalue weighted by atomic mass is 10.1. The van der Waals surface area contributed by atoms with Gasteiger partial charge in [-0.25, -0.2) is 0 Å². The van der Waals surface area contributed by atoms with Gasteiger partial charge in [-0.3, -0.25) is 10.1 Å². The highest BCUT2D eigenvalue weighted by Crippen LogP contribution is 2.14. The monoisotopic (exact) mass is 250 g/mol. The maximum absolute atomic E-state index is 10.5. The number of aliphatic hydroxyl groups excluding tert-OH is 1. The summed E-state index contributed by atoms with van der Waals surface area (Å²) in [6.07, 6.45) is 2.45. The fourth-order valence-corrected chi connectivity index (χ4v) is 2.21. The molecule has 5 nitrogen and oxygen atoms in total. The maximum Gasteiger partial charge on any atom is 0.269 e. The summed E-state index contributed by atoms with van der Waals surface area (Å²) in [5.41, 5.74) is 1.26. The Morgan fingerprint density at radius 3 is 2.44 bits per heavy atom. The van der Waals surface area contributed by atoms with Crippen LogP contribution in [0.2, 0.25) is 0 Å². The van der Waals surface area contributed by atoms with Crippen LogP contribution in [0.5, 0.6) is 0 Å². The van der Waals surface area contributed by atoms with E-state index in [9.17, 15) is 15.2 Å². The van der Waals surface area contributed by atoms with Gasteiger partial charge < -0.3 is 10.0 Å². The minimum Gasteiger partial charge on any atom is -0.393 e. The summed E-state index contributed by atoms with van der Waals surface area (Å²) >= 11 is 0. The Bertz CT molecular complexity index is 397. The quantitative estimate of drug-likeness (QED) is 0.651. The predicted molar refractivity (Wildman–Crippen MR) is 68.5 cm³/mol. The molecule has 18 heavy (non-hydrogen) atoms. The molecule has 5 heteroatoms. The number of piperidine rings is 1. The third kappa shape index (κ3) is 3.51. The van der Waals surface area contributed by atoms with Crippen molar-refractivity contribution in [2.45, 2.75) is 25.4 Å². The van der Waals surface area contributed by atoms with E-state index in [1.807, 2.05) is 12.1 Å². The van der Waals surface area contributed by atoms with Crippen LogP contribution in [0.25, 0.3) is 0 Å². The van der Waals surface area contributed by atoms with Gasteiger partial charge in [0.1, 0.15) is 0 Å². The molecule has 1 aliphatic heterocycles. The van der Waals surface area contributed by atoms with Crippen LogP contribution in [0.3, 0.4) is 0 Å². The average Bonchev–Trinajstić information content (AvgIpc) is 2.38. The normalized spacial score (nSPS) is 17.8. The molecule has 1 aliphatic rings. The molecule has 0 spiro atoms. The summed E-state index contributed by atoms with van der Waals surface area (Å²) < 4.78 is 0. The van der Waals surface area contributed by atoms with Gasteiger partial charge in [0.2, 0.25) is 0 Å². The Balaban J connectivity index is 1.81. The molecular formula is C13H18N2O3. The van der Waals surface area contributed by atoms with Crippen molar-refractivity contribution in [2.24, 2.45) is 0 Å². The second kappa shape index (κ2) is 5.93. The van der Waals surface area contributed by atoms with Gasteiger partial charge in [0.25, 0.3) is 5.69 Å². The van der Waals surface area contributed by atoms with Crippen molar-refractivity contribution in [3.63, 3.8) is 0 Å². The molecule has 0 saturated carbocycles. The third-order valence-electron chi connectivity index (χ3n) is 3.42. The lowest BCUT2D eigenvalue weighted by Crippen LogP contribution is -2.37. The summed E-state index contributed by atoms with van der Waals surface area (Å²) in [4.78, 5) is 12.5. The number of aliphatic hydroxyl groups is 1. The lowest BCUT2D eigenvalue weighted by molar-refractivity contribution is -0.384. The van der Waals surface area contributed by atoms with E-state index in [1.165, 1.54) is 0 Å². The van der Waals surface area contributed by atoms with Gasteiger partial charge in [-0.1, -0.05) is 12.1 Å². The first kappa shape index (κ1) is 13.0. The second-order valence-corrected chi connectivity index (χ2v) is 4.75. The Morgan fingerprint density at radius 2 is 1.89 bits per heavy atom. The number of non-ortho nitro benzene ring substituents is 1. The Morgan fingerprint density at radius 1 is 1.28 bits per heavy atom. The third-order valence-corrected chi connectivity index (χ3v) is 3.42. The molecular weight excluding hydrogens is 232 g/mol. The number of benzene rings is 1. The Hall–Kier alpha value is -1.46. The van der Waals surface area contributed by atoms with Gasteiger partial charge in [-0.15, -0.1) is 0 Å². The van der Waals surface area contributed by atoms with Gasteiger partial charge in [-0.05, 0) is 24.8 Å². The SMILES string of the molecule is O=[N+]([O-])c1ccc(CCN2CCC(O)CC2)cc1. The highest BCUT2D eigenvalue weighted by molar-refractivity contribution is 5.32. The smallest absolute Gasteiger partial charge is 0.269 e. The minimum atomic E-state index is -0.379. The molecule has 0 radical (unpaired) electrons. The summed E-state index contributed by atoms with van der Waals surface area (Å²) in [6.45, 7) is 2.83. The first-order valence-electron chi connectivity index (χ1n) is 6.29. The van der Waals surface area contributed by atoms with Crippen molar-refractivity contribution in [3.05, 3.63) is 39.9 Å². The topological polar surface area (TPSA) is 66.6 Å². The van der Waals surface area contributed by atoms with E-state index in [-0.39, 0.29) is 16.7 Å². The maximum atomic E-state index is 10.5. The zero-order valence-electron chi connectivity index (χ0n) is 10.3. The predicted octanol–water partition coefficient (Wildman–Crippen LogP) is 1.59. The molecule has 1 aromatic carbocycles. The summed E-state index contributed by atoms with van der Waals surface area (Å²) in [5.74, 6) is 0. The van der Waals surface area contributed by atoms with E-state index in [2.05, 4.69) is 4.90 Å². The van der Waals surface area contributed by atoms with Crippen molar-refractivity contribution >= 4 is 5.69 Å². The number of hydrogen-bond donors (Lipinski definition) is 1. The van der Waals surface area contributed by atoms with Gasteiger partial charge in [0, 0.05) is 31.8 Å². The van der Waals surface area contributed by atoms with Crippen molar-refractivity contribution in [1.29, 1.82) is 0 Å². The molecule has 0 bridgehead atoms. The van der Waals surface area contributed by atoms with Gasteiger partial charge >= 0.3 is 0 Å². The standard InChI is InChI=1S/C13H18N2O3/c16-13-6-9-14(10-7-13)8-5-11-1-3-12(4-2-11)15(17)18/h1-4,13,16H,5-10H2. The molecule has 2 rings (SSSR count). The van der Waals surface area contributed by atoms with Gasteiger partial charge in [0.05, 0.1) is 11.0 Å². The van der Waals surface area contributed by atoms with E-state index < -0.39 is 0 Å². The first-order valence-corrected chi connectivity index (χ1v) is 6.29. The number of rotatable bonds is 4. The van der Waals surface area contributed by atoms with Crippen molar-refractivity contribution in [3.8, 4) is 0 Å². The van der Waals surface area contributed by atoms with Crippen LogP contribution < -0.4 is 0 Å². The van der Waals surface area contributed by atoms with Crippen LogP contribution in [0.4, 0.5) is 5.69 Å². The summed E-state index contributed by atoms with van der Waals surface area (Å²) in [5, 5.41) is 19.9. The summed E-state index contributed by atoms with van der Waals surface area (Å²) in [6, 6.07) is 6.73. The molecule has 98 valence electrons. The fourth-order valence-electron chi connectivity index (χ4n) is 2.21. The van der Waals surface area contributed by atoms with Crippen molar-refractivity contribution in [1.82, 2.24) is 4.90 Å². The number of nitrogens with zero attached hydrogens (tertiary/aromatic N) is 2. The minimum absolute atomic E-state index is 0.138. The van der Waals surface area contributed by atoms with Crippen molar-refractivity contribution in [2.75, 3.05) is 19.6 Å². The Kier molecular flexibility index (Phi) is 4.28. The number of hydrogen-bond acceptors (Lipinski definition) is 4. The lowest BCUT2D eigenvalue weighted by Gasteiger charge is -2.29. The first-order chi connectivity index (χ1) is 8.65. The highest BCUT2D eigenvalue weighted by Gasteiger charge is 2.16. The highest BCUT2D eigenvalue weighted by atomic mass is 16.6. The van der Waals surface area contributed by atoms with Crippen molar-refractivity contribution < 1.29 is 10.0 Å². The van der Waals surface area contributed by atoms with Crippen LogP contribution in [0.1, 0.15) is 18.4 Å². The zero-order valence-corrected chi connectivity index (χ0v) is 10.3. The number of likely N-dealkylation sites (tertiary alicyclic amines) is 1. The van der Waals surface area contributed by atoms with Crippen LogP contribution in [0.15, 0.2) is 24.3 Å². The second-order valence-electron chi connectivity index (χ2n) is 4.75. The molecule has 0 atom stereocenters. The van der Waals surface area contributed by atoms with Crippen LogP contribution in [-0.4, -0.2) is 40.7 Å². The van der Waals surface area contributed by atoms with Crippen LogP contribution in [0, 0.1) is 10.1 Å². The fraction of sp³-hybridized carbons (Fsp3) is 0.538. The van der Waals surface area contributed by atoms with E-state index in [0.29, 0.717) is 0 Å². The largest absolute Gasteiger partial charge is 0.393 e. The van der Waals surface area contributed by atoms with Crippen LogP contribution in [-0.2, 0) is 6.42 Å². The molecule has 1 fully saturated rings. The van der Waals surface area contributed by atoms with E-state index in [1.54, 1.807) is 12.1 Å². The average molecular weight is 250 g/mol. The number of nitro benzene ring substituents is 1. The molecule has 1 heterocycles. The summed E-state index contributed by atoms with van der Waals surface area (Å²) in [7, 11) is 0. The molecule has 0 amide bonds. The number of nitro groups is 1. The van der Waals surface area contributed by atoms with E-state index in [0.717, 1.165) is 44.5 Å². The molecule has 1 N–H and O–H groups in total. The molecule has 0 aromatic heterocycles. The van der Waals surface area contributed by atoms with E-state index >= 15 is 0 Å².